The highest BCUT2D eigenvalue weighted by Crippen LogP contribution is 2.28. The molecule has 2 bridgehead atoms. The van der Waals surface area contributed by atoms with Crippen LogP contribution < -0.4 is 5.32 Å². The molecular formula is C9H18N2. The van der Waals surface area contributed by atoms with E-state index in [-0.39, 0.29) is 0 Å². The van der Waals surface area contributed by atoms with E-state index in [1.165, 1.54) is 26.1 Å². The minimum atomic E-state index is 0.791. The highest BCUT2D eigenvalue weighted by Gasteiger charge is 2.33. The molecule has 64 valence electrons. The summed E-state index contributed by atoms with van der Waals surface area (Å²) in [5.74, 6) is 1.84. The van der Waals surface area contributed by atoms with Crippen LogP contribution in [0.3, 0.4) is 0 Å². The summed E-state index contributed by atoms with van der Waals surface area (Å²) in [4.78, 5) is 2.51. The molecule has 2 aliphatic rings. The lowest BCUT2D eigenvalue weighted by molar-refractivity contribution is 0.0648. The van der Waals surface area contributed by atoms with Crippen LogP contribution in [0.2, 0.25) is 0 Å². The summed E-state index contributed by atoms with van der Waals surface area (Å²) >= 11 is 0. The van der Waals surface area contributed by atoms with Crippen molar-refractivity contribution in [2.45, 2.75) is 19.4 Å². The highest BCUT2D eigenvalue weighted by molar-refractivity contribution is 4.89. The Labute approximate surface area is 69.0 Å². The Morgan fingerprint density at radius 1 is 1.36 bits per heavy atom. The first-order valence-corrected chi connectivity index (χ1v) is 4.68. The van der Waals surface area contributed by atoms with Gasteiger partial charge in [-0.15, -0.1) is 0 Å². The Hall–Kier alpha value is -0.0800. The molecule has 0 aromatic carbocycles. The van der Waals surface area contributed by atoms with Gasteiger partial charge < -0.3 is 10.2 Å². The van der Waals surface area contributed by atoms with Gasteiger partial charge in [0, 0.05) is 12.6 Å². The Morgan fingerprint density at radius 2 is 2.18 bits per heavy atom. The molecule has 0 aliphatic carbocycles. The predicted octanol–water partition coefficient (Wildman–Crippen LogP) is 0.546. The molecule has 2 heterocycles. The molecule has 0 spiro atoms. The molecule has 0 saturated carbocycles. The second kappa shape index (κ2) is 2.76. The first-order valence-electron chi connectivity index (χ1n) is 4.68. The third-order valence-electron chi connectivity index (χ3n) is 3.40. The quantitative estimate of drug-likeness (QED) is 0.548. The van der Waals surface area contributed by atoms with Crippen molar-refractivity contribution in [2.75, 3.05) is 26.7 Å². The lowest BCUT2D eigenvalue weighted by atomic mass is 9.81. The maximum atomic E-state index is 3.51. The van der Waals surface area contributed by atoms with Gasteiger partial charge in [-0.05, 0) is 45.3 Å². The second-order valence-electron chi connectivity index (χ2n) is 4.20. The van der Waals surface area contributed by atoms with Crippen LogP contribution in [-0.4, -0.2) is 37.6 Å². The Morgan fingerprint density at radius 3 is 3.00 bits per heavy atom. The van der Waals surface area contributed by atoms with Crippen molar-refractivity contribution in [1.29, 1.82) is 0 Å². The highest BCUT2D eigenvalue weighted by atomic mass is 15.2. The van der Waals surface area contributed by atoms with Gasteiger partial charge in [0.1, 0.15) is 0 Å². The van der Waals surface area contributed by atoms with Gasteiger partial charge in [-0.1, -0.05) is 0 Å². The third kappa shape index (κ3) is 1.30. The standard InChI is InChI=1S/C9H18N2/c1-7-9-3-8(4-10-5-9)6-11(7)2/h7-10H,3-6H2,1-2H3/t7-,8-,9+/m1/s1. The fraction of sp³-hybridized carbons (Fsp3) is 1.00. The van der Waals surface area contributed by atoms with Crippen molar-refractivity contribution in [3.05, 3.63) is 0 Å². The summed E-state index contributed by atoms with van der Waals surface area (Å²) in [7, 11) is 2.26. The zero-order valence-corrected chi connectivity index (χ0v) is 7.51. The van der Waals surface area contributed by atoms with E-state index in [2.05, 4.69) is 24.2 Å². The summed E-state index contributed by atoms with van der Waals surface area (Å²) in [5, 5.41) is 3.51. The SMILES string of the molecule is C[C@@H]1[C@@H]2CNC[C@@H](C2)CN1C. The van der Waals surface area contributed by atoms with E-state index in [1.807, 2.05) is 0 Å². The zero-order valence-electron chi connectivity index (χ0n) is 7.51. The molecule has 2 nitrogen and oxygen atoms in total. The normalized spacial score (nSPS) is 45.8. The number of hydrogen-bond acceptors (Lipinski definition) is 2. The van der Waals surface area contributed by atoms with Crippen LogP contribution in [0.5, 0.6) is 0 Å². The van der Waals surface area contributed by atoms with Crippen molar-refractivity contribution in [3.63, 3.8) is 0 Å². The smallest absolute Gasteiger partial charge is 0.0104 e. The maximum absolute atomic E-state index is 3.51. The molecule has 2 rings (SSSR count). The van der Waals surface area contributed by atoms with Crippen molar-refractivity contribution in [3.8, 4) is 0 Å². The van der Waals surface area contributed by atoms with Crippen molar-refractivity contribution < 1.29 is 0 Å². The molecule has 0 aromatic heterocycles. The minimum Gasteiger partial charge on any atom is -0.316 e. The van der Waals surface area contributed by atoms with Gasteiger partial charge in [-0.3, -0.25) is 0 Å². The Bertz CT molecular complexity index is 144. The van der Waals surface area contributed by atoms with Gasteiger partial charge in [0.05, 0.1) is 0 Å². The fourth-order valence-electron chi connectivity index (χ4n) is 2.51. The summed E-state index contributed by atoms with van der Waals surface area (Å²) < 4.78 is 0. The van der Waals surface area contributed by atoms with Gasteiger partial charge >= 0.3 is 0 Å². The van der Waals surface area contributed by atoms with Crippen LogP contribution in [0.4, 0.5) is 0 Å². The van der Waals surface area contributed by atoms with Crippen LogP contribution in [0.1, 0.15) is 13.3 Å². The molecule has 2 fully saturated rings. The minimum absolute atomic E-state index is 0.791. The van der Waals surface area contributed by atoms with Crippen LogP contribution in [0, 0.1) is 11.8 Å². The average Bonchev–Trinajstić information content (AvgIpc) is 2.01. The lowest BCUT2D eigenvalue weighted by Crippen LogP contribution is -2.54. The first kappa shape index (κ1) is 7.56. The molecule has 2 saturated heterocycles. The molecule has 3 atom stereocenters. The number of nitrogens with zero attached hydrogens (tertiary/aromatic N) is 1. The number of nitrogens with one attached hydrogen (secondary N) is 1. The number of rotatable bonds is 0. The molecule has 0 unspecified atom stereocenters. The topological polar surface area (TPSA) is 15.3 Å². The summed E-state index contributed by atoms with van der Waals surface area (Å²) in [6.07, 6.45) is 1.46. The van der Waals surface area contributed by atoms with E-state index in [1.54, 1.807) is 0 Å². The number of fused-ring (bicyclic) bond motifs is 2. The Balaban J connectivity index is 2.05. The molecular weight excluding hydrogens is 136 g/mol. The first-order chi connectivity index (χ1) is 5.27. The summed E-state index contributed by atoms with van der Waals surface area (Å²) in [5.41, 5.74) is 0. The van der Waals surface area contributed by atoms with Crippen molar-refractivity contribution in [1.82, 2.24) is 10.2 Å². The predicted molar refractivity (Wildman–Crippen MR) is 46.6 cm³/mol. The zero-order chi connectivity index (χ0) is 7.84. The average molecular weight is 154 g/mol. The Kier molecular flexibility index (Phi) is 1.90. The van der Waals surface area contributed by atoms with Gasteiger partial charge in [-0.25, -0.2) is 0 Å². The van der Waals surface area contributed by atoms with Crippen LogP contribution in [-0.2, 0) is 0 Å². The van der Waals surface area contributed by atoms with Crippen LogP contribution in [0.15, 0.2) is 0 Å². The number of piperidine rings is 2. The van der Waals surface area contributed by atoms with E-state index in [4.69, 9.17) is 0 Å². The summed E-state index contributed by atoms with van der Waals surface area (Å²) in [6.45, 7) is 6.13. The van der Waals surface area contributed by atoms with Crippen LogP contribution >= 0.6 is 0 Å². The van der Waals surface area contributed by atoms with E-state index in [0.29, 0.717) is 0 Å². The van der Waals surface area contributed by atoms with Gasteiger partial charge in [-0.2, -0.15) is 0 Å². The number of likely N-dealkylation sites (tertiary alicyclic amines) is 1. The lowest BCUT2D eigenvalue weighted by Gasteiger charge is -2.45. The van der Waals surface area contributed by atoms with E-state index in [0.717, 1.165) is 17.9 Å². The fourth-order valence-corrected chi connectivity index (χ4v) is 2.51. The van der Waals surface area contributed by atoms with E-state index >= 15 is 0 Å². The van der Waals surface area contributed by atoms with Crippen molar-refractivity contribution in [2.24, 2.45) is 11.8 Å². The van der Waals surface area contributed by atoms with Crippen LogP contribution in [0.25, 0.3) is 0 Å². The van der Waals surface area contributed by atoms with Gasteiger partial charge in [0.15, 0.2) is 0 Å². The molecule has 0 aromatic rings. The van der Waals surface area contributed by atoms with Gasteiger partial charge in [0.2, 0.25) is 0 Å². The summed E-state index contributed by atoms with van der Waals surface area (Å²) in [6, 6.07) is 0.791. The maximum Gasteiger partial charge on any atom is 0.0104 e. The molecule has 2 aliphatic heterocycles. The molecule has 2 heteroatoms. The van der Waals surface area contributed by atoms with E-state index < -0.39 is 0 Å². The largest absolute Gasteiger partial charge is 0.316 e. The van der Waals surface area contributed by atoms with Gasteiger partial charge in [0.25, 0.3) is 0 Å². The van der Waals surface area contributed by atoms with Crippen molar-refractivity contribution >= 4 is 0 Å². The number of hydrogen-bond donors (Lipinski definition) is 1. The molecule has 0 radical (unpaired) electrons. The molecule has 11 heavy (non-hydrogen) atoms. The monoisotopic (exact) mass is 154 g/mol. The third-order valence-corrected chi connectivity index (χ3v) is 3.40. The molecule has 1 N–H and O–H groups in total. The second-order valence-corrected chi connectivity index (χ2v) is 4.20. The molecule has 0 amide bonds. The van der Waals surface area contributed by atoms with E-state index in [9.17, 15) is 0 Å².